The van der Waals surface area contributed by atoms with Crippen LogP contribution in [0.3, 0.4) is 0 Å². The van der Waals surface area contributed by atoms with Crippen molar-refractivity contribution in [3.63, 3.8) is 0 Å². The van der Waals surface area contributed by atoms with Crippen molar-refractivity contribution in [2.24, 2.45) is 0 Å². The second kappa shape index (κ2) is 9.87. The van der Waals surface area contributed by atoms with E-state index in [2.05, 4.69) is 15.4 Å². The summed E-state index contributed by atoms with van der Waals surface area (Å²) in [7, 11) is -2.15. The second-order valence-electron chi connectivity index (χ2n) is 7.61. The van der Waals surface area contributed by atoms with E-state index in [1.807, 2.05) is 45.0 Å². The fourth-order valence-corrected chi connectivity index (χ4v) is 3.30. The molecule has 0 bridgehead atoms. The molecule has 7 nitrogen and oxygen atoms in total. The standard InChI is InChI=1S/C21H29N3O4S/c1-21(2,3)28-15-18-9-5-7-16(11-18)13-23-20(25)24-14-17-8-6-10-19(12-17)29(26,27)22-4/h5-12,22H,13-15H2,1-4H3,(H2,23,24,25). The van der Waals surface area contributed by atoms with E-state index >= 15 is 0 Å². The van der Waals surface area contributed by atoms with Crippen molar-refractivity contribution in [3.8, 4) is 0 Å². The molecule has 158 valence electrons. The summed E-state index contributed by atoms with van der Waals surface area (Å²) in [4.78, 5) is 12.3. The van der Waals surface area contributed by atoms with E-state index in [4.69, 9.17) is 4.74 Å². The number of sulfonamides is 1. The summed E-state index contributed by atoms with van der Waals surface area (Å²) in [6, 6.07) is 14.0. The first-order valence-corrected chi connectivity index (χ1v) is 10.8. The van der Waals surface area contributed by atoms with Gasteiger partial charge in [-0.3, -0.25) is 0 Å². The molecule has 2 rings (SSSR count). The highest BCUT2D eigenvalue weighted by Crippen LogP contribution is 2.13. The topological polar surface area (TPSA) is 96.5 Å². The van der Waals surface area contributed by atoms with E-state index in [1.54, 1.807) is 12.1 Å². The van der Waals surface area contributed by atoms with Gasteiger partial charge in [0.2, 0.25) is 10.0 Å². The average molecular weight is 420 g/mol. The van der Waals surface area contributed by atoms with Gasteiger partial charge in [-0.2, -0.15) is 0 Å². The number of benzene rings is 2. The molecule has 0 aliphatic heterocycles. The molecule has 0 aliphatic carbocycles. The molecule has 0 aliphatic rings. The Kier molecular flexibility index (Phi) is 7.78. The molecule has 0 fully saturated rings. The van der Waals surface area contributed by atoms with E-state index in [9.17, 15) is 13.2 Å². The van der Waals surface area contributed by atoms with Crippen molar-refractivity contribution in [1.82, 2.24) is 15.4 Å². The normalized spacial score (nSPS) is 11.9. The largest absolute Gasteiger partial charge is 0.371 e. The first-order chi connectivity index (χ1) is 13.6. The quantitative estimate of drug-likeness (QED) is 0.613. The van der Waals surface area contributed by atoms with Crippen molar-refractivity contribution in [2.45, 2.75) is 51.0 Å². The number of amides is 2. The lowest BCUT2D eigenvalue weighted by atomic mass is 10.1. The van der Waals surface area contributed by atoms with E-state index in [-0.39, 0.29) is 23.1 Å². The number of urea groups is 1. The highest BCUT2D eigenvalue weighted by molar-refractivity contribution is 7.89. The maximum atomic E-state index is 12.1. The third kappa shape index (κ3) is 7.84. The molecule has 2 amide bonds. The third-order valence-electron chi connectivity index (χ3n) is 4.05. The molecular formula is C21H29N3O4S. The van der Waals surface area contributed by atoms with Gasteiger partial charge in [-0.15, -0.1) is 0 Å². The van der Waals surface area contributed by atoms with Gasteiger partial charge in [0.05, 0.1) is 17.1 Å². The molecular weight excluding hydrogens is 390 g/mol. The third-order valence-corrected chi connectivity index (χ3v) is 5.46. The van der Waals surface area contributed by atoms with Crippen molar-refractivity contribution in [1.29, 1.82) is 0 Å². The predicted octanol–water partition coefficient (Wildman–Crippen LogP) is 2.91. The van der Waals surface area contributed by atoms with Gasteiger partial charge in [0.25, 0.3) is 0 Å². The summed E-state index contributed by atoms with van der Waals surface area (Å²) >= 11 is 0. The monoisotopic (exact) mass is 419 g/mol. The minimum atomic E-state index is -3.51. The molecule has 0 aromatic heterocycles. The first kappa shape index (κ1) is 22.9. The first-order valence-electron chi connectivity index (χ1n) is 9.35. The van der Waals surface area contributed by atoms with Crippen LogP contribution in [0.4, 0.5) is 4.79 Å². The van der Waals surface area contributed by atoms with Gasteiger partial charge in [-0.25, -0.2) is 17.9 Å². The molecule has 0 saturated heterocycles. The number of rotatable bonds is 8. The molecule has 2 aromatic carbocycles. The minimum Gasteiger partial charge on any atom is -0.371 e. The Morgan fingerprint density at radius 3 is 2.07 bits per heavy atom. The Labute approximate surface area is 172 Å². The lowest BCUT2D eigenvalue weighted by molar-refractivity contribution is -0.0149. The fourth-order valence-electron chi connectivity index (χ4n) is 2.50. The Balaban J connectivity index is 1.86. The summed E-state index contributed by atoms with van der Waals surface area (Å²) in [6.45, 7) is 7.13. The van der Waals surface area contributed by atoms with Crippen LogP contribution >= 0.6 is 0 Å². The Morgan fingerprint density at radius 2 is 1.48 bits per heavy atom. The van der Waals surface area contributed by atoms with Crippen LogP contribution in [0, 0.1) is 0 Å². The molecule has 2 aromatic rings. The molecule has 0 unspecified atom stereocenters. The highest BCUT2D eigenvalue weighted by atomic mass is 32.2. The minimum absolute atomic E-state index is 0.161. The number of carbonyl (C=O) groups is 1. The number of hydrogen-bond donors (Lipinski definition) is 3. The number of ether oxygens (including phenoxy) is 1. The summed E-state index contributed by atoms with van der Waals surface area (Å²) in [6.07, 6.45) is 0. The SMILES string of the molecule is CNS(=O)(=O)c1cccc(CNC(=O)NCc2cccc(COC(C)(C)C)c2)c1. The smallest absolute Gasteiger partial charge is 0.315 e. The van der Waals surface area contributed by atoms with Crippen LogP contribution in [0.15, 0.2) is 53.4 Å². The van der Waals surface area contributed by atoms with E-state index < -0.39 is 10.0 Å². The lowest BCUT2D eigenvalue weighted by Crippen LogP contribution is -2.34. The number of nitrogens with one attached hydrogen (secondary N) is 3. The fraction of sp³-hybridized carbons (Fsp3) is 0.381. The van der Waals surface area contributed by atoms with Crippen LogP contribution in [0.1, 0.15) is 37.5 Å². The highest BCUT2D eigenvalue weighted by Gasteiger charge is 2.12. The zero-order valence-electron chi connectivity index (χ0n) is 17.3. The van der Waals surface area contributed by atoms with E-state index in [1.165, 1.54) is 19.2 Å². The molecule has 0 radical (unpaired) electrons. The van der Waals surface area contributed by atoms with E-state index in [0.717, 1.165) is 11.1 Å². The van der Waals surface area contributed by atoms with Gasteiger partial charge in [-0.1, -0.05) is 36.4 Å². The van der Waals surface area contributed by atoms with Gasteiger partial charge < -0.3 is 15.4 Å². The van der Waals surface area contributed by atoms with Gasteiger partial charge in [0, 0.05) is 13.1 Å². The zero-order chi connectivity index (χ0) is 21.5. The van der Waals surface area contributed by atoms with Gasteiger partial charge >= 0.3 is 6.03 Å². The number of hydrogen-bond acceptors (Lipinski definition) is 4. The summed E-state index contributed by atoms with van der Waals surface area (Å²) < 4.78 is 31.8. The summed E-state index contributed by atoms with van der Waals surface area (Å²) in [5, 5.41) is 5.54. The molecule has 3 N–H and O–H groups in total. The summed E-state index contributed by atoms with van der Waals surface area (Å²) in [5.41, 5.74) is 2.50. The molecule has 29 heavy (non-hydrogen) atoms. The van der Waals surface area contributed by atoms with Gasteiger partial charge in [-0.05, 0) is 56.6 Å². The van der Waals surface area contributed by atoms with Gasteiger partial charge in [0.1, 0.15) is 0 Å². The van der Waals surface area contributed by atoms with Crippen LogP contribution in [-0.2, 0) is 34.5 Å². The molecule has 0 saturated carbocycles. The van der Waals surface area contributed by atoms with Crippen LogP contribution in [0.25, 0.3) is 0 Å². The van der Waals surface area contributed by atoms with Gasteiger partial charge in [0.15, 0.2) is 0 Å². The predicted molar refractivity (Wildman–Crippen MR) is 113 cm³/mol. The molecule has 8 heteroatoms. The maximum absolute atomic E-state index is 12.1. The summed E-state index contributed by atoms with van der Waals surface area (Å²) in [5.74, 6) is 0. The van der Waals surface area contributed by atoms with Crippen molar-refractivity contribution in [3.05, 3.63) is 65.2 Å². The Hall–Kier alpha value is -2.42. The van der Waals surface area contributed by atoms with E-state index in [0.29, 0.717) is 18.7 Å². The Morgan fingerprint density at radius 1 is 0.931 bits per heavy atom. The second-order valence-corrected chi connectivity index (χ2v) is 9.50. The lowest BCUT2D eigenvalue weighted by Gasteiger charge is -2.19. The zero-order valence-corrected chi connectivity index (χ0v) is 18.1. The van der Waals surface area contributed by atoms with Crippen LogP contribution in [0.2, 0.25) is 0 Å². The Bertz CT molecular complexity index is 937. The molecule has 0 atom stereocenters. The number of carbonyl (C=O) groups excluding carboxylic acids is 1. The van der Waals surface area contributed by atoms with Crippen LogP contribution in [-0.4, -0.2) is 27.1 Å². The molecule has 0 heterocycles. The van der Waals surface area contributed by atoms with Crippen molar-refractivity contribution in [2.75, 3.05) is 7.05 Å². The average Bonchev–Trinajstić information content (AvgIpc) is 2.69. The van der Waals surface area contributed by atoms with Crippen LogP contribution in [0.5, 0.6) is 0 Å². The maximum Gasteiger partial charge on any atom is 0.315 e. The van der Waals surface area contributed by atoms with Crippen LogP contribution < -0.4 is 15.4 Å². The molecule has 0 spiro atoms. The van der Waals surface area contributed by atoms with Crippen molar-refractivity contribution < 1.29 is 17.9 Å². The van der Waals surface area contributed by atoms with Crippen molar-refractivity contribution >= 4 is 16.1 Å².